The normalized spacial score (nSPS) is 12.1. The van der Waals surface area contributed by atoms with Gasteiger partial charge in [0.15, 0.2) is 11.2 Å². The second-order valence-electron chi connectivity index (χ2n) is 8.05. The Morgan fingerprint density at radius 2 is 1.97 bits per heavy atom. The molecule has 11 heteroatoms. The van der Waals surface area contributed by atoms with E-state index in [1.807, 2.05) is 19.9 Å². The van der Waals surface area contributed by atoms with Crippen LogP contribution in [0.3, 0.4) is 0 Å². The van der Waals surface area contributed by atoms with E-state index in [4.69, 9.17) is 16.0 Å². The summed E-state index contributed by atoms with van der Waals surface area (Å²) in [5.74, 6) is -0.213. The Labute approximate surface area is 203 Å². The summed E-state index contributed by atoms with van der Waals surface area (Å²) in [6.45, 7) is 5.54. The quantitative estimate of drug-likeness (QED) is 0.342. The molecule has 0 saturated carbocycles. The monoisotopic (exact) mass is 490 g/mol. The standard InChI is InChI=1S/C24H19ClN6O4/c1-11-8-14(13(3)28-16-4-5-18(25)29-19(16)23-30-24(33)35-31-23)22-15(9-11)20(32)12(2)21(34-22)17-10-26-6-7-27-17/h4-10,13,28H,1-3H3,(H,30,31,33). The van der Waals surface area contributed by atoms with E-state index in [1.54, 1.807) is 43.7 Å². The van der Waals surface area contributed by atoms with Gasteiger partial charge in [0.1, 0.15) is 22.1 Å². The third-order valence-corrected chi connectivity index (χ3v) is 5.76. The molecule has 4 aromatic heterocycles. The smallest absolute Gasteiger partial charge is 0.439 e. The molecule has 2 N–H and O–H groups in total. The lowest BCUT2D eigenvalue weighted by Gasteiger charge is -2.19. The van der Waals surface area contributed by atoms with E-state index in [1.165, 1.54) is 0 Å². The van der Waals surface area contributed by atoms with Gasteiger partial charge in [0, 0.05) is 23.5 Å². The molecule has 35 heavy (non-hydrogen) atoms. The number of fused-ring (bicyclic) bond motifs is 1. The van der Waals surface area contributed by atoms with Gasteiger partial charge in [-0.2, -0.15) is 0 Å². The van der Waals surface area contributed by atoms with Gasteiger partial charge in [0.25, 0.3) is 0 Å². The molecule has 0 fully saturated rings. The van der Waals surface area contributed by atoms with Crippen molar-refractivity contribution in [2.45, 2.75) is 26.8 Å². The van der Waals surface area contributed by atoms with Crippen molar-refractivity contribution in [3.05, 3.63) is 85.5 Å². The largest absolute Gasteiger partial charge is 0.453 e. The summed E-state index contributed by atoms with van der Waals surface area (Å²) < 4.78 is 10.9. The molecule has 4 heterocycles. The first-order valence-corrected chi connectivity index (χ1v) is 11.0. The molecular formula is C24H19ClN6O4. The molecule has 0 aliphatic heterocycles. The van der Waals surface area contributed by atoms with E-state index < -0.39 is 5.76 Å². The molecule has 5 aromatic rings. The van der Waals surface area contributed by atoms with Crippen LogP contribution in [0.5, 0.6) is 0 Å². The highest BCUT2D eigenvalue weighted by Gasteiger charge is 2.21. The lowest BCUT2D eigenvalue weighted by Crippen LogP contribution is -2.13. The molecule has 176 valence electrons. The molecular weight excluding hydrogens is 472 g/mol. The first-order chi connectivity index (χ1) is 16.8. The Morgan fingerprint density at radius 3 is 2.69 bits per heavy atom. The van der Waals surface area contributed by atoms with Crippen molar-refractivity contribution in [2.75, 3.05) is 5.32 Å². The Kier molecular flexibility index (Phi) is 5.65. The average molecular weight is 491 g/mol. The molecule has 0 saturated heterocycles. The molecule has 1 aromatic carbocycles. The molecule has 1 unspecified atom stereocenters. The summed E-state index contributed by atoms with van der Waals surface area (Å²) in [5.41, 5.74) is 3.72. The van der Waals surface area contributed by atoms with Crippen LogP contribution in [0, 0.1) is 13.8 Å². The lowest BCUT2D eigenvalue weighted by molar-refractivity contribution is 0.388. The number of aromatic nitrogens is 5. The number of nitrogens with one attached hydrogen (secondary N) is 2. The predicted octanol–water partition coefficient (Wildman–Crippen LogP) is 4.43. The average Bonchev–Trinajstić information content (AvgIpc) is 3.29. The molecule has 0 spiro atoms. The van der Waals surface area contributed by atoms with Crippen molar-refractivity contribution in [1.29, 1.82) is 0 Å². The topological polar surface area (TPSA) is 140 Å². The van der Waals surface area contributed by atoms with Gasteiger partial charge in [-0.3, -0.25) is 19.3 Å². The van der Waals surface area contributed by atoms with Gasteiger partial charge in [-0.15, -0.1) is 0 Å². The highest BCUT2D eigenvalue weighted by atomic mass is 35.5. The zero-order valence-corrected chi connectivity index (χ0v) is 19.7. The minimum absolute atomic E-state index is 0.133. The van der Waals surface area contributed by atoms with Crippen molar-refractivity contribution in [3.8, 4) is 23.0 Å². The van der Waals surface area contributed by atoms with Crippen molar-refractivity contribution in [1.82, 2.24) is 25.1 Å². The molecule has 0 amide bonds. The molecule has 0 aliphatic carbocycles. The third kappa shape index (κ3) is 4.19. The van der Waals surface area contributed by atoms with E-state index in [0.717, 1.165) is 11.1 Å². The van der Waals surface area contributed by atoms with Crippen molar-refractivity contribution in [3.63, 3.8) is 0 Å². The maximum Gasteiger partial charge on any atom is 0.439 e. The maximum atomic E-state index is 13.3. The van der Waals surface area contributed by atoms with Crippen LogP contribution in [0.15, 0.2) is 61.4 Å². The molecule has 5 rings (SSSR count). The first kappa shape index (κ1) is 22.5. The number of aromatic amines is 1. The van der Waals surface area contributed by atoms with Gasteiger partial charge in [-0.25, -0.2) is 14.8 Å². The van der Waals surface area contributed by atoms with E-state index in [-0.39, 0.29) is 22.4 Å². The Hall–Kier alpha value is -4.31. The fourth-order valence-corrected chi connectivity index (χ4v) is 4.07. The molecule has 0 aliphatic rings. The third-order valence-electron chi connectivity index (χ3n) is 5.55. The Balaban J connectivity index is 1.65. The predicted molar refractivity (Wildman–Crippen MR) is 130 cm³/mol. The number of anilines is 1. The Bertz CT molecular complexity index is 1680. The maximum absolute atomic E-state index is 13.3. The van der Waals surface area contributed by atoms with Crippen LogP contribution in [-0.2, 0) is 0 Å². The second-order valence-corrected chi connectivity index (χ2v) is 8.43. The van der Waals surface area contributed by atoms with Gasteiger partial charge in [0.2, 0.25) is 5.82 Å². The fraction of sp³-hybridized carbons (Fsp3) is 0.167. The van der Waals surface area contributed by atoms with E-state index in [0.29, 0.717) is 39.4 Å². The highest BCUT2D eigenvalue weighted by molar-refractivity contribution is 6.29. The number of pyridine rings is 1. The van der Waals surface area contributed by atoms with Crippen LogP contribution in [-0.4, -0.2) is 25.1 Å². The van der Waals surface area contributed by atoms with Crippen LogP contribution in [0.2, 0.25) is 5.15 Å². The highest BCUT2D eigenvalue weighted by Crippen LogP contribution is 2.33. The molecule has 0 radical (unpaired) electrons. The van der Waals surface area contributed by atoms with Gasteiger partial charge in [0.05, 0.1) is 23.3 Å². The minimum Gasteiger partial charge on any atom is -0.453 e. The summed E-state index contributed by atoms with van der Waals surface area (Å²) in [4.78, 5) is 39.9. The van der Waals surface area contributed by atoms with E-state index >= 15 is 0 Å². The number of nitrogens with zero attached hydrogens (tertiary/aromatic N) is 4. The first-order valence-electron chi connectivity index (χ1n) is 10.7. The summed E-state index contributed by atoms with van der Waals surface area (Å²) >= 11 is 6.08. The SMILES string of the molecule is Cc1cc(C(C)Nc2ccc(Cl)nc2-c2noc(=O)[nH]2)c2oc(-c3cnccn3)c(C)c(=O)c2c1. The number of aryl methyl sites for hydroxylation is 1. The minimum atomic E-state index is -0.709. The number of halogens is 1. The second kappa shape index (κ2) is 8.80. The number of hydrogen-bond donors (Lipinski definition) is 2. The summed E-state index contributed by atoms with van der Waals surface area (Å²) in [5, 5.41) is 7.77. The summed E-state index contributed by atoms with van der Waals surface area (Å²) in [6, 6.07) is 6.73. The zero-order chi connectivity index (χ0) is 24.7. The van der Waals surface area contributed by atoms with Crippen LogP contribution in [0.4, 0.5) is 5.69 Å². The summed E-state index contributed by atoms with van der Waals surface area (Å²) in [7, 11) is 0. The van der Waals surface area contributed by atoms with E-state index in [2.05, 4.69) is 34.9 Å². The fourth-order valence-electron chi connectivity index (χ4n) is 3.93. The van der Waals surface area contributed by atoms with Crippen molar-refractivity contribution in [2.24, 2.45) is 0 Å². The van der Waals surface area contributed by atoms with Crippen molar-refractivity contribution >= 4 is 28.3 Å². The van der Waals surface area contributed by atoms with Gasteiger partial charge < -0.3 is 9.73 Å². The van der Waals surface area contributed by atoms with Crippen LogP contribution in [0.25, 0.3) is 33.9 Å². The van der Waals surface area contributed by atoms with Crippen LogP contribution >= 0.6 is 11.6 Å². The number of benzene rings is 1. The van der Waals surface area contributed by atoms with Gasteiger partial charge in [-0.1, -0.05) is 22.8 Å². The summed E-state index contributed by atoms with van der Waals surface area (Å²) in [6.07, 6.45) is 4.65. The molecule has 10 nitrogen and oxygen atoms in total. The number of H-pyrrole nitrogens is 1. The van der Waals surface area contributed by atoms with Crippen LogP contribution < -0.4 is 16.5 Å². The number of rotatable bonds is 5. The molecule has 0 bridgehead atoms. The zero-order valence-electron chi connectivity index (χ0n) is 18.9. The van der Waals surface area contributed by atoms with Gasteiger partial charge >= 0.3 is 5.76 Å². The van der Waals surface area contributed by atoms with Crippen LogP contribution in [0.1, 0.15) is 29.7 Å². The van der Waals surface area contributed by atoms with Gasteiger partial charge in [-0.05, 0) is 44.5 Å². The van der Waals surface area contributed by atoms with E-state index in [9.17, 15) is 9.59 Å². The Morgan fingerprint density at radius 1 is 1.14 bits per heavy atom. The lowest BCUT2D eigenvalue weighted by atomic mass is 9.99. The van der Waals surface area contributed by atoms with Crippen molar-refractivity contribution < 1.29 is 8.94 Å². The number of hydrogen-bond acceptors (Lipinski definition) is 9. The molecule has 1 atom stereocenters.